The summed E-state index contributed by atoms with van der Waals surface area (Å²) in [5.41, 5.74) is 2.44. The van der Waals surface area contributed by atoms with E-state index in [1.54, 1.807) is 30.3 Å². The number of ether oxygens (including phenoxy) is 1. The first-order valence-corrected chi connectivity index (χ1v) is 17.0. The number of fused-ring (bicyclic) bond motifs is 1. The Balaban J connectivity index is 0.000000229. The number of hydrogen-bond acceptors (Lipinski definition) is 3. The van der Waals surface area contributed by atoms with E-state index in [2.05, 4.69) is 62.3 Å². The molecule has 4 aromatic carbocycles. The van der Waals surface area contributed by atoms with Crippen LogP contribution in [0.15, 0.2) is 109 Å². The Morgan fingerprint density at radius 1 is 0.977 bits per heavy atom. The van der Waals surface area contributed by atoms with Crippen LogP contribution in [0.5, 0.6) is 0 Å². The van der Waals surface area contributed by atoms with Gasteiger partial charge in [0.2, 0.25) is 0 Å². The molecule has 0 unspecified atom stereocenters. The van der Waals surface area contributed by atoms with Gasteiger partial charge in [-0.2, -0.15) is 13.0 Å². The summed E-state index contributed by atoms with van der Waals surface area (Å²) in [4.78, 5) is -0.0457. The number of hydrogen-bond donors (Lipinski definition) is 1. The van der Waals surface area contributed by atoms with Crippen LogP contribution >= 0.6 is 23.2 Å². The van der Waals surface area contributed by atoms with Gasteiger partial charge in [-0.25, -0.2) is 0 Å². The quantitative estimate of drug-likeness (QED) is 0.128. The predicted molar refractivity (Wildman–Crippen MR) is 180 cm³/mol. The maximum atomic E-state index is 11.0. The van der Waals surface area contributed by atoms with Gasteiger partial charge in [0.1, 0.15) is 4.90 Å². The van der Waals surface area contributed by atoms with Gasteiger partial charge in [0.25, 0.3) is 10.1 Å². The normalized spacial score (nSPS) is 23.1. The molecule has 2 heterocycles. The van der Waals surface area contributed by atoms with Gasteiger partial charge in [-0.1, -0.05) is 104 Å². The van der Waals surface area contributed by atoms with E-state index in [0.29, 0.717) is 17.3 Å². The summed E-state index contributed by atoms with van der Waals surface area (Å²) in [6.07, 6.45) is 3.88. The first-order chi connectivity index (χ1) is 20.9. The molecule has 0 bridgehead atoms. The van der Waals surface area contributed by atoms with Gasteiger partial charge in [0.15, 0.2) is 18.7 Å². The molecule has 2 aliphatic rings. The topological polar surface area (TPSA) is 66.6 Å². The lowest BCUT2D eigenvalue weighted by Crippen LogP contribution is -2.46. The molecule has 0 aliphatic carbocycles. The van der Waals surface area contributed by atoms with E-state index in [0.717, 1.165) is 40.8 Å². The lowest BCUT2D eigenvalue weighted by atomic mass is 9.69. The van der Waals surface area contributed by atoms with Crippen molar-refractivity contribution in [1.82, 2.24) is 0 Å². The van der Waals surface area contributed by atoms with E-state index in [-0.39, 0.29) is 22.3 Å². The van der Waals surface area contributed by atoms with Gasteiger partial charge in [-0.05, 0) is 61.0 Å². The second kappa shape index (κ2) is 13.1. The number of allylic oxidation sites excluding steroid dienone is 1. The third kappa shape index (κ3) is 6.59. The largest absolute Gasteiger partial charge is 0.441 e. The molecule has 0 amide bonds. The van der Waals surface area contributed by atoms with Crippen molar-refractivity contribution in [2.75, 3.05) is 6.61 Å². The molecular weight excluding hydrogens is 613 g/mol. The molecule has 1 N–H and O–H groups in total. The summed E-state index contributed by atoms with van der Waals surface area (Å²) in [5.74, 6) is 1.87. The molecule has 0 fully saturated rings. The van der Waals surface area contributed by atoms with Crippen molar-refractivity contribution in [2.24, 2.45) is 11.3 Å². The van der Waals surface area contributed by atoms with Crippen LogP contribution in [0.25, 0.3) is 10.8 Å². The highest BCUT2D eigenvalue weighted by molar-refractivity contribution is 7.86. The molecule has 0 aromatic heterocycles. The van der Waals surface area contributed by atoms with Gasteiger partial charge < -0.3 is 4.74 Å². The average Bonchev–Trinajstić information content (AvgIpc) is 3.44. The number of nitrogens with zero attached hydrogens (tertiary/aromatic N) is 1. The van der Waals surface area contributed by atoms with E-state index < -0.39 is 10.1 Å². The van der Waals surface area contributed by atoms with Crippen LogP contribution in [-0.2, 0) is 14.9 Å². The monoisotopic (exact) mass is 650 g/mol. The highest BCUT2D eigenvalue weighted by atomic mass is 35.5. The van der Waals surface area contributed by atoms with E-state index in [9.17, 15) is 8.42 Å². The molecule has 230 valence electrons. The fourth-order valence-corrected chi connectivity index (χ4v) is 7.72. The summed E-state index contributed by atoms with van der Waals surface area (Å²) >= 11 is 12.7. The minimum atomic E-state index is -4.13. The van der Waals surface area contributed by atoms with Crippen molar-refractivity contribution in [3.63, 3.8) is 0 Å². The highest BCUT2D eigenvalue weighted by Crippen LogP contribution is 2.51. The molecule has 4 aromatic rings. The van der Waals surface area contributed by atoms with Crippen LogP contribution in [0.2, 0.25) is 10.0 Å². The van der Waals surface area contributed by atoms with Crippen LogP contribution in [0.4, 0.5) is 0 Å². The summed E-state index contributed by atoms with van der Waals surface area (Å²) in [6, 6.07) is 28.9. The SMILES string of the molecule is C=CC[C@@]1(C)C[C@H](c2cccc(Cl)c2)[C@@H](c2ccc(Cl)cc2)[N+]2=C1OC[C@@H]2C(C)C.O=S(=O)(O)c1cccc2ccccc12. The molecule has 6 rings (SSSR count). The zero-order valence-corrected chi connectivity index (χ0v) is 27.5. The number of benzene rings is 4. The Morgan fingerprint density at radius 2 is 1.66 bits per heavy atom. The van der Waals surface area contributed by atoms with Crippen LogP contribution in [0, 0.1) is 11.3 Å². The van der Waals surface area contributed by atoms with Gasteiger partial charge in [0, 0.05) is 26.9 Å². The van der Waals surface area contributed by atoms with Crippen molar-refractivity contribution >= 4 is 50.0 Å². The van der Waals surface area contributed by atoms with E-state index in [4.69, 9.17) is 32.5 Å². The Bertz CT molecular complexity index is 1800. The van der Waals surface area contributed by atoms with Crippen molar-refractivity contribution < 1.29 is 22.3 Å². The summed E-state index contributed by atoms with van der Waals surface area (Å²) < 4.78 is 40.0. The Kier molecular flexibility index (Phi) is 9.57. The first kappa shape index (κ1) is 32.2. The van der Waals surface area contributed by atoms with Gasteiger partial charge >= 0.3 is 5.90 Å². The maximum absolute atomic E-state index is 11.0. The Hall–Kier alpha value is -3.16. The maximum Gasteiger partial charge on any atom is 0.343 e. The fraction of sp³-hybridized carbons (Fsp3) is 0.306. The van der Waals surface area contributed by atoms with E-state index in [1.807, 2.05) is 30.3 Å². The lowest BCUT2D eigenvalue weighted by Gasteiger charge is -2.39. The third-order valence-corrected chi connectivity index (χ3v) is 10.1. The molecule has 0 saturated heterocycles. The van der Waals surface area contributed by atoms with Crippen molar-refractivity contribution in [2.45, 2.75) is 56.5 Å². The van der Waals surface area contributed by atoms with Crippen LogP contribution in [0.3, 0.4) is 0 Å². The smallest absolute Gasteiger partial charge is 0.343 e. The lowest BCUT2D eigenvalue weighted by molar-refractivity contribution is -0.616. The molecule has 2 aliphatic heterocycles. The molecule has 5 nitrogen and oxygen atoms in total. The van der Waals surface area contributed by atoms with Crippen LogP contribution < -0.4 is 0 Å². The zero-order chi connectivity index (χ0) is 31.6. The highest BCUT2D eigenvalue weighted by Gasteiger charge is 2.57. The van der Waals surface area contributed by atoms with Gasteiger partial charge in [0.05, 0.1) is 11.3 Å². The van der Waals surface area contributed by atoms with Crippen LogP contribution in [-0.4, -0.2) is 36.1 Å². The summed E-state index contributed by atoms with van der Waals surface area (Å²) in [6.45, 7) is 11.6. The molecular formula is C36H38Cl2NO4S+. The molecule has 0 saturated carbocycles. The number of rotatable bonds is 6. The second-order valence-electron chi connectivity index (χ2n) is 12.2. The average molecular weight is 652 g/mol. The predicted octanol–water partition coefficient (Wildman–Crippen LogP) is 9.36. The summed E-state index contributed by atoms with van der Waals surface area (Å²) in [7, 11) is -4.13. The van der Waals surface area contributed by atoms with Crippen molar-refractivity contribution in [3.05, 3.63) is 125 Å². The molecule has 0 spiro atoms. The first-order valence-electron chi connectivity index (χ1n) is 14.8. The van der Waals surface area contributed by atoms with Crippen molar-refractivity contribution in [1.29, 1.82) is 0 Å². The standard InChI is InChI=1S/C26H30Cl2NO.C10H8O3S/c1-5-13-26(4)15-22(19-7-6-8-21(28)14-19)24(18-9-11-20(27)12-10-18)29-23(17(2)3)16-30-25(26)29;11-14(12,13)10-7-3-5-8-4-1-2-6-9(8)10/h5-12,14,17,22-24H,1,13,15-16H2,2-4H3;1-7H,(H,11,12,13)/q+1;/t22-,23-,24-,26+;/m1./s1. The molecule has 44 heavy (non-hydrogen) atoms. The zero-order valence-electron chi connectivity index (χ0n) is 25.2. The van der Waals surface area contributed by atoms with Crippen molar-refractivity contribution in [3.8, 4) is 0 Å². The Labute approximate surface area is 270 Å². The molecule has 8 heteroatoms. The number of halogens is 2. The molecule has 4 atom stereocenters. The van der Waals surface area contributed by atoms with Gasteiger partial charge in [-0.15, -0.1) is 6.58 Å². The minimum Gasteiger partial charge on any atom is -0.441 e. The van der Waals surface area contributed by atoms with Gasteiger partial charge in [-0.3, -0.25) is 4.55 Å². The minimum absolute atomic E-state index is 0.0457. The third-order valence-electron chi connectivity index (χ3n) is 8.73. The Morgan fingerprint density at radius 3 is 2.32 bits per heavy atom. The second-order valence-corrected chi connectivity index (χ2v) is 14.5. The van der Waals surface area contributed by atoms with E-state index in [1.165, 1.54) is 17.2 Å². The van der Waals surface area contributed by atoms with E-state index >= 15 is 0 Å². The molecule has 0 radical (unpaired) electrons. The van der Waals surface area contributed by atoms with Crippen LogP contribution in [0.1, 0.15) is 56.7 Å². The fourth-order valence-electron chi connectivity index (χ4n) is 6.68. The summed E-state index contributed by atoms with van der Waals surface area (Å²) in [5, 5.41) is 2.87.